The average Bonchev–Trinajstić information content (AvgIpc) is 3.31. The van der Waals surface area contributed by atoms with Gasteiger partial charge in [-0.2, -0.15) is 0 Å². The van der Waals surface area contributed by atoms with E-state index in [0.29, 0.717) is 13.2 Å². The van der Waals surface area contributed by atoms with Gasteiger partial charge in [0, 0.05) is 22.7 Å². The van der Waals surface area contributed by atoms with Gasteiger partial charge in [0.05, 0.1) is 13.2 Å². The highest BCUT2D eigenvalue weighted by atomic mass is 19.2. The van der Waals surface area contributed by atoms with E-state index in [4.69, 9.17) is 4.74 Å². The minimum absolute atomic E-state index is 0.0435. The number of ether oxygens (including phenoxy) is 1. The fourth-order valence-corrected chi connectivity index (χ4v) is 12.5. The van der Waals surface area contributed by atoms with E-state index < -0.39 is 34.1 Å². The van der Waals surface area contributed by atoms with Crippen molar-refractivity contribution in [1.82, 2.24) is 0 Å². The fourth-order valence-electron chi connectivity index (χ4n) is 12.5. The summed E-state index contributed by atoms with van der Waals surface area (Å²) in [5.41, 5.74) is 0.628. The fraction of sp³-hybridized carbons (Fsp3) is 0.655. The maximum atomic E-state index is 15.0. The highest BCUT2D eigenvalue weighted by molar-refractivity contribution is 5.46. The van der Waals surface area contributed by atoms with Crippen LogP contribution in [-0.4, -0.2) is 13.2 Å². The van der Waals surface area contributed by atoms with Gasteiger partial charge >= 0.3 is 0 Å². The summed E-state index contributed by atoms with van der Waals surface area (Å²) in [5, 5.41) is 0. The molecule has 1 nitrogen and oxygen atoms in total. The Morgan fingerprint density at radius 2 is 0.762 bits per heavy atom. The largest absolute Gasteiger partial charge is 0.380 e. The molecule has 0 unspecified atom stereocenters. The molecule has 348 valence electrons. The van der Waals surface area contributed by atoms with Crippen molar-refractivity contribution in [3.8, 4) is 0 Å². The smallest absolute Gasteiger partial charge is 0.159 e. The predicted octanol–water partition coefficient (Wildman–Crippen LogP) is 17.9. The van der Waals surface area contributed by atoms with Gasteiger partial charge in [0.1, 0.15) is 0 Å². The van der Waals surface area contributed by atoms with E-state index in [0.717, 1.165) is 88.2 Å². The number of hydrogen-bond acceptors (Lipinski definition) is 1. The van der Waals surface area contributed by atoms with Crippen LogP contribution in [0.2, 0.25) is 0 Å². The number of halogens is 4. The second kappa shape index (κ2) is 24.6. The zero-order valence-corrected chi connectivity index (χ0v) is 39.4. The lowest BCUT2D eigenvalue weighted by atomic mass is 9.51. The number of allylic oxidation sites excluding steroid dienone is 4. The van der Waals surface area contributed by atoms with Crippen molar-refractivity contribution in [3.63, 3.8) is 0 Å². The maximum absolute atomic E-state index is 15.0. The Kier molecular flexibility index (Phi) is 19.3. The lowest BCUT2D eigenvalue weighted by Crippen LogP contribution is -2.46. The van der Waals surface area contributed by atoms with Gasteiger partial charge in [0.25, 0.3) is 0 Å². The lowest BCUT2D eigenvalue weighted by Gasteiger charge is -2.52. The standard InChI is InChI=1S/C58H82F4O/c1-3-5-7-9-11-13-15-19-33-55(35-21-17-22-36-55)57(49-25-27-51(59)53(61)43-49)39-29-47(30-40-57)45-63-46-48-31-41-58(42-32-48,50-26-28-52(60)54(62)44-50)56(37-23-18-24-38-56)34-20-16-14-12-10-8-6-4-2/h25-32,39-44,47-48H,3-24,33-38,45-46H2,1-2H3/t47-,48-,57+,58+. The third-order valence-electron chi connectivity index (χ3n) is 16.2. The normalized spacial score (nSPS) is 25.2. The quantitative estimate of drug-likeness (QED) is 0.0520. The number of benzene rings is 2. The van der Waals surface area contributed by atoms with E-state index >= 15 is 8.78 Å². The Balaban J connectivity index is 1.13. The molecular weight excluding hydrogens is 789 g/mol. The van der Waals surface area contributed by atoms with Crippen LogP contribution in [0.15, 0.2) is 85.0 Å². The van der Waals surface area contributed by atoms with Crippen LogP contribution in [0.25, 0.3) is 0 Å². The van der Waals surface area contributed by atoms with Crippen LogP contribution in [-0.2, 0) is 15.6 Å². The maximum Gasteiger partial charge on any atom is 0.159 e. The molecule has 0 spiro atoms. The average molecular weight is 871 g/mol. The van der Waals surface area contributed by atoms with Gasteiger partial charge in [-0.25, -0.2) is 17.6 Å². The van der Waals surface area contributed by atoms with Crippen LogP contribution in [0, 0.1) is 45.9 Å². The van der Waals surface area contributed by atoms with Gasteiger partial charge in [0.2, 0.25) is 0 Å². The molecule has 0 radical (unpaired) electrons. The molecule has 2 saturated carbocycles. The van der Waals surface area contributed by atoms with E-state index in [-0.39, 0.29) is 22.7 Å². The molecule has 0 amide bonds. The third-order valence-corrected chi connectivity index (χ3v) is 16.2. The van der Waals surface area contributed by atoms with Gasteiger partial charge in [-0.15, -0.1) is 0 Å². The molecule has 6 rings (SSSR count). The van der Waals surface area contributed by atoms with Gasteiger partial charge in [0.15, 0.2) is 23.3 Å². The van der Waals surface area contributed by atoms with E-state index in [2.05, 4.69) is 62.5 Å². The van der Waals surface area contributed by atoms with Crippen molar-refractivity contribution in [1.29, 1.82) is 0 Å². The van der Waals surface area contributed by atoms with Crippen LogP contribution in [0.5, 0.6) is 0 Å². The van der Waals surface area contributed by atoms with Crippen LogP contribution < -0.4 is 0 Å². The summed E-state index contributed by atoms with van der Waals surface area (Å²) < 4.78 is 65.4. The minimum Gasteiger partial charge on any atom is -0.380 e. The topological polar surface area (TPSA) is 9.23 Å². The van der Waals surface area contributed by atoms with Crippen molar-refractivity contribution >= 4 is 0 Å². The van der Waals surface area contributed by atoms with E-state index in [1.54, 1.807) is 0 Å². The van der Waals surface area contributed by atoms with Crippen LogP contribution in [0.3, 0.4) is 0 Å². The molecule has 0 atom stereocenters. The molecule has 2 aromatic carbocycles. The molecule has 63 heavy (non-hydrogen) atoms. The number of unbranched alkanes of at least 4 members (excludes halogenated alkanes) is 14. The monoisotopic (exact) mass is 871 g/mol. The third kappa shape index (κ3) is 12.3. The molecule has 0 saturated heterocycles. The SMILES string of the molecule is CCCCCCCCCCC1([C@]2(c3ccc(F)c(F)c3)C=C[C@H](COC[C@H]3C=C[C@@](c4ccc(F)c(F)c4)(C4(CCCCCCCCCC)CCCCC4)C=C3)C=C2)CCCCC1. The van der Waals surface area contributed by atoms with Crippen molar-refractivity contribution in [3.05, 3.63) is 119 Å². The molecule has 2 aromatic rings. The Bertz CT molecular complexity index is 1630. The van der Waals surface area contributed by atoms with Gasteiger partial charge < -0.3 is 4.74 Å². The second-order valence-corrected chi connectivity index (χ2v) is 20.4. The summed E-state index contributed by atoms with van der Waals surface area (Å²) in [4.78, 5) is 0. The molecule has 0 aromatic heterocycles. The Labute approximate surface area is 380 Å². The van der Waals surface area contributed by atoms with Gasteiger partial charge in [-0.3, -0.25) is 0 Å². The first-order valence-electron chi connectivity index (χ1n) is 26.0. The van der Waals surface area contributed by atoms with Crippen LogP contribution in [0.1, 0.15) is 205 Å². The summed E-state index contributed by atoms with van der Waals surface area (Å²) in [6.45, 7) is 5.58. The molecule has 0 N–H and O–H groups in total. The van der Waals surface area contributed by atoms with Crippen molar-refractivity contribution in [2.45, 2.75) is 204 Å². The highest BCUT2D eigenvalue weighted by Crippen LogP contribution is 2.59. The lowest BCUT2D eigenvalue weighted by molar-refractivity contribution is 0.0920. The minimum atomic E-state index is -0.796. The first kappa shape index (κ1) is 49.5. The number of rotatable bonds is 26. The van der Waals surface area contributed by atoms with Crippen molar-refractivity contribution < 1.29 is 22.3 Å². The Morgan fingerprint density at radius 3 is 1.10 bits per heavy atom. The van der Waals surface area contributed by atoms with E-state index in [9.17, 15) is 8.78 Å². The molecule has 0 heterocycles. The van der Waals surface area contributed by atoms with E-state index in [1.165, 1.54) is 127 Å². The Morgan fingerprint density at radius 1 is 0.429 bits per heavy atom. The first-order valence-corrected chi connectivity index (χ1v) is 26.0. The van der Waals surface area contributed by atoms with Crippen LogP contribution >= 0.6 is 0 Å². The van der Waals surface area contributed by atoms with Crippen LogP contribution in [0.4, 0.5) is 17.6 Å². The summed E-state index contributed by atoms with van der Waals surface area (Å²) in [5.74, 6) is -3.00. The highest BCUT2D eigenvalue weighted by Gasteiger charge is 2.51. The number of hydrogen-bond donors (Lipinski definition) is 0. The van der Waals surface area contributed by atoms with Gasteiger partial charge in [-0.1, -0.05) is 216 Å². The molecule has 2 fully saturated rings. The Hall–Kier alpha value is -2.92. The summed E-state index contributed by atoms with van der Waals surface area (Å²) in [6.07, 6.45) is 52.4. The molecule has 4 aliphatic rings. The molecule has 0 aliphatic heterocycles. The summed E-state index contributed by atoms with van der Waals surface area (Å²) >= 11 is 0. The van der Waals surface area contributed by atoms with Crippen molar-refractivity contribution in [2.75, 3.05) is 13.2 Å². The van der Waals surface area contributed by atoms with E-state index in [1.807, 2.05) is 12.1 Å². The second-order valence-electron chi connectivity index (χ2n) is 20.4. The zero-order chi connectivity index (χ0) is 44.4. The summed E-state index contributed by atoms with van der Waals surface area (Å²) in [6, 6.07) is 9.19. The predicted molar refractivity (Wildman–Crippen MR) is 256 cm³/mol. The van der Waals surface area contributed by atoms with Crippen molar-refractivity contribution in [2.24, 2.45) is 22.7 Å². The first-order chi connectivity index (χ1) is 30.7. The van der Waals surface area contributed by atoms with Gasteiger partial charge in [-0.05, 0) is 84.7 Å². The molecule has 0 bridgehead atoms. The molecule has 4 aliphatic carbocycles. The molecular formula is C58H82F4O. The molecule has 5 heteroatoms. The summed E-state index contributed by atoms with van der Waals surface area (Å²) in [7, 11) is 0. The zero-order valence-electron chi connectivity index (χ0n) is 39.4.